The van der Waals surface area contributed by atoms with Crippen molar-refractivity contribution < 1.29 is 9.59 Å². The van der Waals surface area contributed by atoms with Gasteiger partial charge in [0.05, 0.1) is 10.7 Å². The van der Waals surface area contributed by atoms with Gasteiger partial charge in [-0.3, -0.25) is 9.59 Å². The van der Waals surface area contributed by atoms with E-state index in [1.165, 1.54) is 6.20 Å². The van der Waals surface area contributed by atoms with Gasteiger partial charge in [0.1, 0.15) is 11.6 Å². The Morgan fingerprint density at radius 2 is 2.28 bits per heavy atom. The molecule has 0 aromatic heterocycles. The van der Waals surface area contributed by atoms with Gasteiger partial charge < -0.3 is 21.3 Å². The molecule has 1 fully saturated rings. The fourth-order valence-electron chi connectivity index (χ4n) is 2.45. The largest absolute Gasteiger partial charge is 0.399 e. The first-order valence-electron chi connectivity index (χ1n) is 7.99. The van der Waals surface area contributed by atoms with Gasteiger partial charge in [-0.25, -0.2) is 0 Å². The van der Waals surface area contributed by atoms with Crippen LogP contribution < -0.4 is 16.4 Å². The molecule has 1 aliphatic rings. The average Bonchev–Trinajstić information content (AvgIpc) is 2.99. The highest BCUT2D eigenvalue weighted by atomic mass is 35.5. The number of nitrogens with two attached hydrogens (primary N) is 1. The summed E-state index contributed by atoms with van der Waals surface area (Å²) in [6.07, 6.45) is 3.45. The maximum absolute atomic E-state index is 12.0. The number of benzene rings is 1. The van der Waals surface area contributed by atoms with Gasteiger partial charge in [-0.2, -0.15) is 5.26 Å². The van der Waals surface area contributed by atoms with Crippen LogP contribution in [0.1, 0.15) is 19.3 Å². The molecule has 8 heteroatoms. The van der Waals surface area contributed by atoms with Crippen molar-refractivity contribution in [3.63, 3.8) is 0 Å². The van der Waals surface area contributed by atoms with Crippen molar-refractivity contribution in [1.82, 2.24) is 10.2 Å². The molecule has 4 N–H and O–H groups in total. The van der Waals surface area contributed by atoms with E-state index in [0.29, 0.717) is 42.3 Å². The molecule has 0 aliphatic carbocycles. The lowest BCUT2D eigenvalue weighted by Crippen LogP contribution is -2.31. The van der Waals surface area contributed by atoms with E-state index in [4.69, 9.17) is 22.6 Å². The predicted octanol–water partition coefficient (Wildman–Crippen LogP) is 1.87. The molecule has 0 saturated carbocycles. The van der Waals surface area contributed by atoms with Gasteiger partial charge in [0.2, 0.25) is 5.91 Å². The lowest BCUT2D eigenvalue weighted by molar-refractivity contribution is -0.127. The van der Waals surface area contributed by atoms with E-state index in [0.717, 1.165) is 13.0 Å². The lowest BCUT2D eigenvalue weighted by Gasteiger charge is -2.15. The number of nitrogens with one attached hydrogen (secondary N) is 2. The molecule has 1 aromatic carbocycles. The molecule has 0 atom stereocenters. The lowest BCUT2D eigenvalue weighted by atomic mass is 10.2. The van der Waals surface area contributed by atoms with Gasteiger partial charge >= 0.3 is 0 Å². The van der Waals surface area contributed by atoms with Crippen molar-refractivity contribution in [3.05, 3.63) is 35.0 Å². The van der Waals surface area contributed by atoms with Gasteiger partial charge in [-0.05, 0) is 31.0 Å². The summed E-state index contributed by atoms with van der Waals surface area (Å²) in [7, 11) is 0. The molecule has 1 heterocycles. The number of anilines is 2. The summed E-state index contributed by atoms with van der Waals surface area (Å²) in [5, 5.41) is 15.0. The van der Waals surface area contributed by atoms with Crippen LogP contribution in [0.4, 0.5) is 11.4 Å². The summed E-state index contributed by atoms with van der Waals surface area (Å²) in [5.74, 6) is -0.317. The minimum absolute atomic E-state index is 0.0647. The first-order chi connectivity index (χ1) is 12.0. The molecule has 2 amide bonds. The second kappa shape index (κ2) is 8.94. The number of nitrogens with zero attached hydrogens (tertiary/aromatic N) is 2. The molecule has 1 saturated heterocycles. The number of rotatable bonds is 7. The summed E-state index contributed by atoms with van der Waals surface area (Å²) in [5.41, 5.74) is 6.61. The van der Waals surface area contributed by atoms with E-state index < -0.39 is 5.91 Å². The average molecular weight is 362 g/mol. The number of amides is 2. The molecule has 0 radical (unpaired) electrons. The van der Waals surface area contributed by atoms with Crippen molar-refractivity contribution in [3.8, 4) is 6.07 Å². The van der Waals surface area contributed by atoms with E-state index in [9.17, 15) is 9.59 Å². The number of halogens is 1. The van der Waals surface area contributed by atoms with Gasteiger partial charge in [0, 0.05) is 37.9 Å². The number of carbonyl (C=O) groups is 2. The zero-order valence-electron chi connectivity index (χ0n) is 13.7. The van der Waals surface area contributed by atoms with E-state index in [2.05, 4.69) is 10.6 Å². The van der Waals surface area contributed by atoms with Crippen LogP contribution in [0.5, 0.6) is 0 Å². The van der Waals surface area contributed by atoms with Crippen LogP contribution in [0.25, 0.3) is 0 Å². The Balaban J connectivity index is 1.81. The molecule has 0 spiro atoms. The van der Waals surface area contributed by atoms with E-state index >= 15 is 0 Å². The highest BCUT2D eigenvalue weighted by molar-refractivity contribution is 6.33. The van der Waals surface area contributed by atoms with Gasteiger partial charge in [-0.1, -0.05) is 11.6 Å². The highest BCUT2D eigenvalue weighted by Crippen LogP contribution is 2.24. The van der Waals surface area contributed by atoms with Crippen LogP contribution in [-0.4, -0.2) is 36.3 Å². The maximum Gasteiger partial charge on any atom is 0.263 e. The minimum Gasteiger partial charge on any atom is -0.399 e. The van der Waals surface area contributed by atoms with Crippen molar-refractivity contribution in [1.29, 1.82) is 5.26 Å². The second-order valence-electron chi connectivity index (χ2n) is 5.65. The third-order valence-electron chi connectivity index (χ3n) is 3.79. The standard InChI is InChI=1S/C17H20ClN5O2/c18-14-9-13(20)4-5-15(14)22-11-12(10-19)17(25)21-6-2-8-23-7-1-3-16(23)24/h4-5,9,11,22H,1-3,6-8,20H2,(H,21,25)/b12-11-. The second-order valence-corrected chi connectivity index (χ2v) is 6.05. The Kier molecular flexibility index (Phi) is 6.66. The number of likely N-dealkylation sites (tertiary alicyclic amines) is 1. The van der Waals surface area contributed by atoms with Crippen molar-refractivity contribution in [2.45, 2.75) is 19.3 Å². The fraction of sp³-hybridized carbons (Fsp3) is 0.353. The number of nitrogen functional groups attached to an aromatic ring is 1. The molecule has 132 valence electrons. The van der Waals surface area contributed by atoms with Crippen molar-refractivity contribution >= 4 is 34.8 Å². The molecular weight excluding hydrogens is 342 g/mol. The summed E-state index contributed by atoms with van der Waals surface area (Å²) >= 11 is 6.02. The number of carbonyl (C=O) groups excluding carboxylic acids is 2. The Bertz CT molecular complexity index is 726. The van der Waals surface area contributed by atoms with Gasteiger partial charge in [0.25, 0.3) is 5.91 Å². The van der Waals surface area contributed by atoms with Crippen LogP contribution in [-0.2, 0) is 9.59 Å². The fourth-order valence-corrected chi connectivity index (χ4v) is 2.70. The van der Waals surface area contributed by atoms with Crippen LogP contribution in [0.3, 0.4) is 0 Å². The SMILES string of the molecule is N#C/C(=C/Nc1ccc(N)cc1Cl)C(=O)NCCCN1CCCC1=O. The number of hydrogen-bond donors (Lipinski definition) is 3. The van der Waals surface area contributed by atoms with Crippen molar-refractivity contribution in [2.75, 3.05) is 30.7 Å². The van der Waals surface area contributed by atoms with E-state index in [1.54, 1.807) is 23.1 Å². The maximum atomic E-state index is 12.0. The number of hydrogen-bond acceptors (Lipinski definition) is 5. The van der Waals surface area contributed by atoms with Gasteiger partial charge in [-0.15, -0.1) is 0 Å². The third kappa shape index (κ3) is 5.40. The molecule has 1 aliphatic heterocycles. The van der Waals surface area contributed by atoms with Crippen molar-refractivity contribution in [2.24, 2.45) is 0 Å². The Morgan fingerprint density at radius 3 is 2.92 bits per heavy atom. The summed E-state index contributed by atoms with van der Waals surface area (Å²) < 4.78 is 0. The molecule has 7 nitrogen and oxygen atoms in total. The van der Waals surface area contributed by atoms with Crippen LogP contribution in [0, 0.1) is 11.3 Å². The molecule has 0 unspecified atom stereocenters. The summed E-state index contributed by atoms with van der Waals surface area (Å²) in [6, 6.07) is 6.74. The number of nitriles is 1. The van der Waals surface area contributed by atoms with E-state index in [1.807, 2.05) is 6.07 Å². The Morgan fingerprint density at radius 1 is 1.48 bits per heavy atom. The summed E-state index contributed by atoms with van der Waals surface area (Å²) in [4.78, 5) is 25.3. The van der Waals surface area contributed by atoms with Crippen LogP contribution in [0.2, 0.25) is 5.02 Å². The smallest absolute Gasteiger partial charge is 0.263 e. The highest BCUT2D eigenvalue weighted by Gasteiger charge is 2.19. The van der Waals surface area contributed by atoms with Crippen LogP contribution in [0.15, 0.2) is 30.0 Å². The minimum atomic E-state index is -0.477. The molecular formula is C17H20ClN5O2. The normalized spacial score (nSPS) is 14.3. The topological polar surface area (TPSA) is 111 Å². The first kappa shape index (κ1) is 18.6. The van der Waals surface area contributed by atoms with Crippen LogP contribution >= 0.6 is 11.6 Å². The zero-order valence-corrected chi connectivity index (χ0v) is 14.5. The quantitative estimate of drug-likeness (QED) is 0.297. The zero-order chi connectivity index (χ0) is 18.2. The predicted molar refractivity (Wildman–Crippen MR) is 96.6 cm³/mol. The van der Waals surface area contributed by atoms with E-state index in [-0.39, 0.29) is 11.5 Å². The summed E-state index contributed by atoms with van der Waals surface area (Å²) in [6.45, 7) is 1.79. The molecule has 1 aromatic rings. The molecule has 25 heavy (non-hydrogen) atoms. The Labute approximate surface area is 151 Å². The third-order valence-corrected chi connectivity index (χ3v) is 4.10. The monoisotopic (exact) mass is 361 g/mol. The Hall–Kier alpha value is -2.72. The molecule has 2 rings (SSSR count). The van der Waals surface area contributed by atoms with Gasteiger partial charge in [0.15, 0.2) is 0 Å². The first-order valence-corrected chi connectivity index (χ1v) is 8.37. The molecule has 0 bridgehead atoms.